The third-order valence-corrected chi connectivity index (χ3v) is 3.13. The van der Waals surface area contributed by atoms with Gasteiger partial charge in [0, 0.05) is 13.2 Å². The first-order chi connectivity index (χ1) is 8.02. The molecular weight excluding hydrogens is 216 g/mol. The Kier molecular flexibility index (Phi) is 2.87. The highest BCUT2D eigenvalue weighted by Crippen LogP contribution is 2.28. The van der Waals surface area contributed by atoms with Crippen molar-refractivity contribution in [1.82, 2.24) is 24.8 Å². The summed E-state index contributed by atoms with van der Waals surface area (Å²) >= 11 is 0. The van der Waals surface area contributed by atoms with Crippen LogP contribution in [0.3, 0.4) is 0 Å². The Morgan fingerprint density at radius 3 is 2.53 bits per heavy atom. The van der Waals surface area contributed by atoms with Crippen molar-refractivity contribution in [2.45, 2.75) is 26.8 Å². The van der Waals surface area contributed by atoms with Crippen LogP contribution in [0.25, 0.3) is 11.4 Å². The molecule has 0 bridgehead atoms. The van der Waals surface area contributed by atoms with Gasteiger partial charge in [0.05, 0.1) is 11.7 Å². The third-order valence-electron chi connectivity index (χ3n) is 3.13. The molecule has 0 spiro atoms. The molecule has 0 aliphatic heterocycles. The predicted octanol–water partition coefficient (Wildman–Crippen LogP) is 1.48. The van der Waals surface area contributed by atoms with Gasteiger partial charge in [0.1, 0.15) is 5.69 Å². The fraction of sp³-hybridized carbons (Fsp3) is 0.545. The van der Waals surface area contributed by atoms with E-state index in [2.05, 4.69) is 36.2 Å². The molecule has 2 rings (SSSR count). The first-order valence-electron chi connectivity index (χ1n) is 5.71. The molecule has 1 atom stereocenters. The van der Waals surface area contributed by atoms with Gasteiger partial charge in [-0.1, -0.05) is 19.1 Å². The van der Waals surface area contributed by atoms with E-state index in [0.29, 0.717) is 11.7 Å². The second-order valence-corrected chi connectivity index (χ2v) is 4.59. The van der Waals surface area contributed by atoms with Gasteiger partial charge in [0.25, 0.3) is 0 Å². The molecule has 0 amide bonds. The number of hydrogen-bond acceptors (Lipinski definition) is 4. The Bertz CT molecular complexity index is 510. The molecule has 2 aromatic rings. The van der Waals surface area contributed by atoms with E-state index >= 15 is 0 Å². The van der Waals surface area contributed by atoms with Crippen molar-refractivity contribution in [1.29, 1.82) is 0 Å². The predicted molar refractivity (Wildman–Crippen MR) is 66.2 cm³/mol. The molecule has 2 aromatic heterocycles. The largest absolute Gasteiger partial charge is 0.380 e. The first-order valence-corrected chi connectivity index (χ1v) is 5.71. The lowest BCUT2D eigenvalue weighted by Crippen LogP contribution is -2.15. The second-order valence-electron chi connectivity index (χ2n) is 4.59. The van der Waals surface area contributed by atoms with E-state index in [9.17, 15) is 0 Å². The zero-order valence-electron chi connectivity index (χ0n) is 10.6. The Morgan fingerprint density at radius 2 is 2.00 bits per heavy atom. The summed E-state index contributed by atoms with van der Waals surface area (Å²) in [5, 5.41) is 12.3. The molecule has 0 radical (unpaired) electrons. The van der Waals surface area contributed by atoms with Gasteiger partial charge in [-0.15, -0.1) is 5.10 Å². The van der Waals surface area contributed by atoms with Crippen LogP contribution in [0.4, 0.5) is 5.82 Å². The number of aryl methyl sites for hydroxylation is 1. The highest BCUT2D eigenvalue weighted by atomic mass is 15.5. The smallest absolute Gasteiger partial charge is 0.175 e. The van der Waals surface area contributed by atoms with Gasteiger partial charge in [-0.05, 0) is 18.9 Å². The SMILES string of the molecule is CC(C)C(C)n1nnc(N)c1-c1ccnn1C. The van der Waals surface area contributed by atoms with Gasteiger partial charge in [-0.25, -0.2) is 4.68 Å². The molecule has 0 saturated carbocycles. The molecule has 17 heavy (non-hydrogen) atoms. The Hall–Kier alpha value is -1.85. The van der Waals surface area contributed by atoms with E-state index in [1.807, 2.05) is 17.8 Å². The quantitative estimate of drug-likeness (QED) is 0.872. The summed E-state index contributed by atoms with van der Waals surface area (Å²) in [5.74, 6) is 0.907. The molecule has 0 saturated heterocycles. The maximum atomic E-state index is 5.90. The summed E-state index contributed by atoms with van der Waals surface area (Å²) in [5.41, 5.74) is 7.67. The molecule has 1 unspecified atom stereocenters. The summed E-state index contributed by atoms with van der Waals surface area (Å²) < 4.78 is 3.65. The van der Waals surface area contributed by atoms with Gasteiger partial charge in [0.15, 0.2) is 5.82 Å². The van der Waals surface area contributed by atoms with Crippen LogP contribution < -0.4 is 5.73 Å². The van der Waals surface area contributed by atoms with Crippen molar-refractivity contribution in [3.8, 4) is 11.4 Å². The van der Waals surface area contributed by atoms with Crippen molar-refractivity contribution in [3.63, 3.8) is 0 Å². The fourth-order valence-corrected chi connectivity index (χ4v) is 1.73. The van der Waals surface area contributed by atoms with Crippen molar-refractivity contribution < 1.29 is 0 Å². The van der Waals surface area contributed by atoms with Crippen LogP contribution in [0.1, 0.15) is 26.8 Å². The molecule has 0 aromatic carbocycles. The number of nitrogens with zero attached hydrogens (tertiary/aromatic N) is 5. The molecular formula is C11H18N6. The Balaban J connectivity index is 2.54. The molecule has 92 valence electrons. The lowest BCUT2D eigenvalue weighted by molar-refractivity contribution is 0.370. The number of hydrogen-bond donors (Lipinski definition) is 1. The van der Waals surface area contributed by atoms with E-state index in [-0.39, 0.29) is 6.04 Å². The lowest BCUT2D eigenvalue weighted by Gasteiger charge is -2.18. The monoisotopic (exact) mass is 234 g/mol. The van der Waals surface area contributed by atoms with E-state index in [1.165, 1.54) is 0 Å². The van der Waals surface area contributed by atoms with Gasteiger partial charge in [-0.3, -0.25) is 4.68 Å². The first kappa shape index (κ1) is 11.6. The molecule has 6 heteroatoms. The molecule has 0 aliphatic rings. The minimum Gasteiger partial charge on any atom is -0.380 e. The number of rotatable bonds is 3. The molecule has 2 heterocycles. The van der Waals surface area contributed by atoms with Crippen LogP contribution in [0.2, 0.25) is 0 Å². The summed E-state index contributed by atoms with van der Waals surface area (Å²) in [6.07, 6.45) is 1.74. The highest BCUT2D eigenvalue weighted by molar-refractivity contribution is 5.66. The summed E-state index contributed by atoms with van der Waals surface area (Å²) in [7, 11) is 1.88. The van der Waals surface area contributed by atoms with Crippen LogP contribution >= 0.6 is 0 Å². The van der Waals surface area contributed by atoms with Crippen molar-refractivity contribution in [2.75, 3.05) is 5.73 Å². The van der Waals surface area contributed by atoms with Crippen molar-refractivity contribution in [3.05, 3.63) is 12.3 Å². The van der Waals surface area contributed by atoms with Gasteiger partial charge in [-0.2, -0.15) is 5.10 Å². The van der Waals surface area contributed by atoms with Crippen LogP contribution in [0, 0.1) is 5.92 Å². The Morgan fingerprint density at radius 1 is 1.29 bits per heavy atom. The number of nitrogen functional groups attached to an aromatic ring is 1. The maximum absolute atomic E-state index is 5.90. The third kappa shape index (κ3) is 1.90. The molecule has 0 fully saturated rings. The van der Waals surface area contributed by atoms with Crippen LogP contribution in [-0.4, -0.2) is 24.8 Å². The average molecular weight is 234 g/mol. The minimum absolute atomic E-state index is 0.240. The van der Waals surface area contributed by atoms with Crippen LogP contribution in [0.5, 0.6) is 0 Å². The van der Waals surface area contributed by atoms with Crippen molar-refractivity contribution >= 4 is 5.82 Å². The zero-order chi connectivity index (χ0) is 12.6. The van der Waals surface area contributed by atoms with Gasteiger partial charge in [0.2, 0.25) is 0 Å². The van der Waals surface area contributed by atoms with Crippen LogP contribution in [-0.2, 0) is 7.05 Å². The van der Waals surface area contributed by atoms with Gasteiger partial charge < -0.3 is 5.73 Å². The summed E-state index contributed by atoms with van der Waals surface area (Å²) in [6.45, 7) is 6.41. The van der Waals surface area contributed by atoms with E-state index in [0.717, 1.165) is 11.4 Å². The topological polar surface area (TPSA) is 74.6 Å². The summed E-state index contributed by atoms with van der Waals surface area (Å²) in [6, 6.07) is 2.16. The number of aromatic nitrogens is 5. The second kappa shape index (κ2) is 4.20. The summed E-state index contributed by atoms with van der Waals surface area (Å²) in [4.78, 5) is 0. The van der Waals surface area contributed by atoms with E-state index < -0.39 is 0 Å². The van der Waals surface area contributed by atoms with E-state index in [4.69, 9.17) is 5.73 Å². The number of nitrogens with two attached hydrogens (primary N) is 1. The maximum Gasteiger partial charge on any atom is 0.175 e. The van der Waals surface area contributed by atoms with Crippen LogP contribution in [0.15, 0.2) is 12.3 Å². The molecule has 6 nitrogen and oxygen atoms in total. The van der Waals surface area contributed by atoms with Gasteiger partial charge >= 0.3 is 0 Å². The highest BCUT2D eigenvalue weighted by Gasteiger charge is 2.20. The zero-order valence-corrected chi connectivity index (χ0v) is 10.6. The average Bonchev–Trinajstić information content (AvgIpc) is 2.83. The molecule has 0 aliphatic carbocycles. The standard InChI is InChI=1S/C11H18N6/c1-7(2)8(3)17-10(11(12)14-15-17)9-5-6-13-16(9)4/h5-8H,12H2,1-4H3. The minimum atomic E-state index is 0.240. The Labute approximate surface area is 100 Å². The number of anilines is 1. The van der Waals surface area contributed by atoms with Crippen molar-refractivity contribution in [2.24, 2.45) is 13.0 Å². The lowest BCUT2D eigenvalue weighted by atomic mass is 10.1. The normalized spacial score (nSPS) is 13.2. The van der Waals surface area contributed by atoms with E-state index in [1.54, 1.807) is 10.9 Å². The molecule has 2 N–H and O–H groups in total. The fourth-order valence-electron chi connectivity index (χ4n) is 1.73.